The van der Waals surface area contributed by atoms with Gasteiger partial charge >= 0.3 is 5.97 Å². The van der Waals surface area contributed by atoms with Crippen molar-refractivity contribution in [2.75, 3.05) is 7.05 Å². The third kappa shape index (κ3) is 4.47. The highest BCUT2D eigenvalue weighted by Crippen LogP contribution is 2.16. The molecule has 1 heterocycles. The van der Waals surface area contributed by atoms with Crippen LogP contribution in [0.15, 0.2) is 35.6 Å². The number of hydrazine groups is 1. The molecule has 1 saturated heterocycles. The highest BCUT2D eigenvalue weighted by molar-refractivity contribution is 6.02. The van der Waals surface area contributed by atoms with Crippen molar-refractivity contribution in [3.63, 3.8) is 0 Å². The molecule has 1 aromatic rings. The maximum absolute atomic E-state index is 12.1. The summed E-state index contributed by atoms with van der Waals surface area (Å²) in [7, 11) is 1.26. The van der Waals surface area contributed by atoms with Crippen molar-refractivity contribution >= 4 is 17.8 Å². The van der Waals surface area contributed by atoms with Crippen molar-refractivity contribution in [3.8, 4) is 0 Å². The number of likely N-dealkylation sites (tertiary alicyclic amines) is 1. The smallest absolute Gasteiger partial charge is 0.332 e. The minimum atomic E-state index is -1.20. The molecule has 2 rings (SSSR count). The van der Waals surface area contributed by atoms with E-state index in [1.165, 1.54) is 14.0 Å². The lowest BCUT2D eigenvalue weighted by Crippen LogP contribution is -2.44. The van der Waals surface area contributed by atoms with Crippen molar-refractivity contribution in [1.29, 1.82) is 0 Å². The van der Waals surface area contributed by atoms with Gasteiger partial charge in [0.2, 0.25) is 23.3 Å². The minimum Gasteiger partial charge on any atom is -0.569 e. The van der Waals surface area contributed by atoms with Crippen LogP contribution in [0.1, 0.15) is 25.3 Å². The van der Waals surface area contributed by atoms with Crippen LogP contribution < -0.4 is 0 Å². The highest BCUT2D eigenvalue weighted by Gasteiger charge is 2.35. The number of hydrogen-bond donors (Lipinski definition) is 1. The SMILES string of the molecule is CC(ON=[N+]([O-])N(C)[C@@H](Cc1ccccc1)C(=O)O)N1C(=O)CCC1=O. The third-order valence-corrected chi connectivity index (χ3v) is 4.00. The summed E-state index contributed by atoms with van der Waals surface area (Å²) in [4.78, 5) is 40.5. The Balaban J connectivity index is 2.04. The van der Waals surface area contributed by atoms with Gasteiger partial charge < -0.3 is 15.2 Å². The molecule has 2 amide bonds. The number of aliphatic carboxylic acids is 1. The van der Waals surface area contributed by atoms with Crippen molar-refractivity contribution in [2.24, 2.45) is 5.28 Å². The second kappa shape index (κ2) is 8.28. The van der Waals surface area contributed by atoms with Crippen LogP contribution in [0.25, 0.3) is 0 Å². The summed E-state index contributed by atoms with van der Waals surface area (Å²) in [5.41, 5.74) is 0.739. The van der Waals surface area contributed by atoms with Crippen LogP contribution in [0.2, 0.25) is 0 Å². The predicted octanol–water partition coefficient (Wildman–Crippen LogP) is 0.918. The normalized spacial score (nSPS) is 17.2. The molecule has 0 bridgehead atoms. The van der Waals surface area contributed by atoms with Gasteiger partial charge in [0.05, 0.1) is 12.0 Å². The molecule has 0 radical (unpaired) electrons. The molecule has 0 saturated carbocycles. The molecule has 2 atom stereocenters. The fraction of sp³-hybridized carbons (Fsp3) is 0.438. The van der Waals surface area contributed by atoms with Gasteiger partial charge in [-0.2, -0.15) is 0 Å². The molecule has 1 unspecified atom stereocenters. The number of carboxylic acid groups (broad SMARTS) is 1. The summed E-state index contributed by atoms with van der Waals surface area (Å²) in [5, 5.41) is 25.6. The molecule has 140 valence electrons. The number of rotatable bonds is 8. The Kier molecular flexibility index (Phi) is 6.10. The molecule has 1 aliphatic heterocycles. The molecule has 26 heavy (non-hydrogen) atoms. The van der Waals surface area contributed by atoms with E-state index in [4.69, 9.17) is 4.84 Å². The van der Waals surface area contributed by atoms with E-state index < -0.39 is 30.1 Å². The van der Waals surface area contributed by atoms with Gasteiger partial charge in [0.15, 0.2) is 6.04 Å². The number of nitrogens with zero attached hydrogens (tertiary/aromatic N) is 4. The molecule has 1 aromatic carbocycles. The lowest BCUT2D eigenvalue weighted by atomic mass is 10.1. The summed E-state index contributed by atoms with van der Waals surface area (Å²) in [5.74, 6) is -2.02. The monoisotopic (exact) mass is 364 g/mol. The Morgan fingerprint density at radius 3 is 2.46 bits per heavy atom. The average Bonchev–Trinajstić information content (AvgIpc) is 2.96. The average molecular weight is 364 g/mol. The first-order valence-electron chi connectivity index (χ1n) is 7.99. The van der Waals surface area contributed by atoms with E-state index in [1.807, 2.05) is 0 Å². The van der Waals surface area contributed by atoms with E-state index >= 15 is 0 Å². The van der Waals surface area contributed by atoms with Crippen molar-refractivity contribution in [1.82, 2.24) is 9.91 Å². The van der Waals surface area contributed by atoms with Crippen LogP contribution in [0.4, 0.5) is 0 Å². The Bertz CT molecular complexity index is 692. The van der Waals surface area contributed by atoms with Crippen LogP contribution in [0.5, 0.6) is 0 Å². The number of imide groups is 1. The third-order valence-electron chi connectivity index (χ3n) is 4.00. The first-order valence-corrected chi connectivity index (χ1v) is 7.99. The fourth-order valence-electron chi connectivity index (χ4n) is 2.55. The van der Waals surface area contributed by atoms with Crippen molar-refractivity contribution in [3.05, 3.63) is 41.1 Å². The standard InChI is InChI=1S/C16H20N4O6/c1-11(19-14(21)8-9-15(19)22)26-17-20(25)18(2)13(16(23)24)10-12-6-4-3-5-7-12/h3-7,11,13H,8-10H2,1-2H3,(H,23,24)/t11?,13-/m0/s1. The van der Waals surface area contributed by atoms with Crippen LogP contribution in [0.3, 0.4) is 0 Å². The van der Waals surface area contributed by atoms with E-state index in [0.29, 0.717) is 0 Å². The molecule has 0 aromatic heterocycles. The van der Waals surface area contributed by atoms with E-state index in [2.05, 4.69) is 5.28 Å². The Morgan fingerprint density at radius 1 is 1.35 bits per heavy atom. The molecule has 1 fully saturated rings. The van der Waals surface area contributed by atoms with Gasteiger partial charge in [-0.05, 0) is 12.5 Å². The van der Waals surface area contributed by atoms with Crippen LogP contribution in [-0.2, 0) is 25.6 Å². The maximum atomic E-state index is 12.1. The van der Waals surface area contributed by atoms with E-state index in [9.17, 15) is 24.7 Å². The number of carbonyl (C=O) groups is 3. The van der Waals surface area contributed by atoms with E-state index in [1.54, 1.807) is 30.3 Å². The summed E-state index contributed by atoms with van der Waals surface area (Å²) >= 11 is 0. The van der Waals surface area contributed by atoms with Gasteiger partial charge in [-0.25, -0.2) is 9.69 Å². The van der Waals surface area contributed by atoms with E-state index in [0.717, 1.165) is 15.5 Å². The maximum Gasteiger partial charge on any atom is 0.332 e. The number of carbonyl (C=O) groups excluding carboxylic acids is 2. The first kappa shape index (κ1) is 19.2. The van der Waals surface area contributed by atoms with Crippen molar-refractivity contribution < 1.29 is 29.3 Å². The van der Waals surface area contributed by atoms with Gasteiger partial charge in [-0.15, -0.1) is 5.01 Å². The zero-order valence-corrected chi connectivity index (χ0v) is 14.4. The Hall–Kier alpha value is -3.17. The molecule has 10 nitrogen and oxygen atoms in total. The number of likely N-dealkylation sites (N-methyl/N-ethyl adjacent to an activating group) is 1. The molecule has 10 heteroatoms. The number of carboxylic acids is 1. The van der Waals surface area contributed by atoms with E-state index in [-0.39, 0.29) is 24.2 Å². The quantitative estimate of drug-likeness (QED) is 0.314. The minimum absolute atomic E-state index is 0.0107. The highest BCUT2D eigenvalue weighted by atomic mass is 16.7. The largest absolute Gasteiger partial charge is 0.569 e. The number of benzene rings is 1. The molecular weight excluding hydrogens is 344 g/mol. The van der Waals surface area contributed by atoms with Crippen molar-refractivity contribution in [2.45, 2.75) is 38.5 Å². The lowest BCUT2D eigenvalue weighted by molar-refractivity contribution is -0.711. The number of amides is 2. The van der Waals surface area contributed by atoms with Gasteiger partial charge in [0, 0.05) is 19.3 Å². The summed E-state index contributed by atoms with van der Waals surface area (Å²) in [6.45, 7) is 1.40. The van der Waals surface area contributed by atoms with Crippen LogP contribution in [0, 0.1) is 5.21 Å². The van der Waals surface area contributed by atoms with Gasteiger partial charge in [0.25, 0.3) is 0 Å². The molecule has 1 N–H and O–H groups in total. The molecule has 0 aliphatic carbocycles. The predicted molar refractivity (Wildman–Crippen MR) is 87.0 cm³/mol. The molecule has 1 aliphatic rings. The first-order chi connectivity index (χ1) is 12.3. The van der Waals surface area contributed by atoms with Gasteiger partial charge in [-0.1, -0.05) is 30.3 Å². The summed E-state index contributed by atoms with van der Waals surface area (Å²) < 4.78 is 0. The van der Waals surface area contributed by atoms with Crippen LogP contribution >= 0.6 is 0 Å². The summed E-state index contributed by atoms with van der Waals surface area (Å²) in [6.07, 6.45) is -0.795. The topological polar surface area (TPSA) is 126 Å². The zero-order chi connectivity index (χ0) is 19.3. The summed E-state index contributed by atoms with van der Waals surface area (Å²) in [6, 6.07) is 7.66. The fourth-order valence-corrected chi connectivity index (χ4v) is 2.55. The van der Waals surface area contributed by atoms with Gasteiger partial charge in [0.1, 0.15) is 0 Å². The Labute approximate surface area is 149 Å². The second-order valence-corrected chi connectivity index (χ2v) is 5.81. The molecule has 0 spiro atoms. The van der Waals surface area contributed by atoms with Gasteiger partial charge in [-0.3, -0.25) is 9.59 Å². The zero-order valence-electron chi connectivity index (χ0n) is 14.4. The molecular formula is C16H20N4O6. The van der Waals surface area contributed by atoms with Crippen LogP contribution in [-0.4, -0.2) is 57.1 Å². The lowest BCUT2D eigenvalue weighted by Gasteiger charge is -2.22. The Morgan fingerprint density at radius 2 is 1.92 bits per heavy atom. The second-order valence-electron chi connectivity index (χ2n) is 5.81. The number of hydrogen-bond acceptors (Lipinski definition) is 6.